The van der Waals surface area contributed by atoms with Gasteiger partial charge in [0.1, 0.15) is 0 Å². The Morgan fingerprint density at radius 1 is 1.27 bits per heavy atom. The summed E-state index contributed by atoms with van der Waals surface area (Å²) in [5, 5.41) is 0. The molecule has 0 aliphatic rings. The molecule has 82 valence electrons. The predicted molar refractivity (Wildman–Crippen MR) is 53.5 cm³/mol. The fraction of sp³-hybridized carbons (Fsp3) is 0.400. The van der Waals surface area contributed by atoms with E-state index in [1.54, 1.807) is 4.90 Å². The van der Waals surface area contributed by atoms with E-state index in [0.717, 1.165) is 34.9 Å². The number of urea groups is 1. The summed E-state index contributed by atoms with van der Waals surface area (Å²) in [7, 11) is 0. The van der Waals surface area contributed by atoms with Crippen molar-refractivity contribution in [3.63, 3.8) is 0 Å². The number of carbonyl (C=O) groups is 1. The number of amides is 2. The van der Waals surface area contributed by atoms with Crippen molar-refractivity contribution >= 4 is 10.1 Å². The van der Waals surface area contributed by atoms with Crippen LogP contribution in [0.4, 0.5) is 4.79 Å². The Morgan fingerprint density at radius 3 is 2.07 bits per heavy atom. The standard InChI is InChI=1S/C10H14N2O.2W/c1-5-8(4)9(6-2)12(7-3)10(11)13;;/h5-6H,1-4H3;;. The fourth-order valence-electron chi connectivity index (χ4n) is 1.13. The average Bonchev–Trinajstić information content (AvgIpc) is 2.22. The topological polar surface area (TPSA) is 32.7 Å². The molecule has 5 heteroatoms. The SMILES string of the molecule is CC=C(C)C(=CC)N(C(=O)[N]=[W])[C](C)=[W]. The molecule has 0 aliphatic heterocycles. The second kappa shape index (κ2) is 7.30. The van der Waals surface area contributed by atoms with Crippen molar-refractivity contribution in [1.29, 1.82) is 0 Å². The Morgan fingerprint density at radius 2 is 1.80 bits per heavy atom. The van der Waals surface area contributed by atoms with Crippen molar-refractivity contribution < 1.29 is 43.8 Å². The molecule has 0 saturated heterocycles. The third-order valence-electron chi connectivity index (χ3n) is 1.94. The molecule has 0 heterocycles. The molecule has 0 aromatic carbocycles. The Kier molecular flexibility index (Phi) is 7.30. The number of allylic oxidation sites excluding steroid dienone is 3. The van der Waals surface area contributed by atoms with Crippen LogP contribution in [0.1, 0.15) is 27.7 Å². The molecule has 0 atom stereocenters. The van der Waals surface area contributed by atoms with Crippen LogP contribution in [0.15, 0.2) is 26.9 Å². The molecule has 0 aliphatic carbocycles. The number of carbonyl (C=O) groups excluding carboxylic acids is 1. The first-order chi connectivity index (χ1) is 6.99. The van der Waals surface area contributed by atoms with Gasteiger partial charge in [0.15, 0.2) is 0 Å². The van der Waals surface area contributed by atoms with Gasteiger partial charge in [0.25, 0.3) is 0 Å². The van der Waals surface area contributed by atoms with Crippen molar-refractivity contribution in [3.05, 3.63) is 23.4 Å². The van der Waals surface area contributed by atoms with Gasteiger partial charge in [-0.15, -0.1) is 0 Å². The van der Waals surface area contributed by atoms with E-state index in [4.69, 9.17) is 0 Å². The van der Waals surface area contributed by atoms with E-state index in [-0.39, 0.29) is 6.03 Å². The molecule has 0 unspecified atom stereocenters. The first-order valence-corrected chi connectivity index (χ1v) is 7.25. The zero-order valence-electron chi connectivity index (χ0n) is 9.27. The molecule has 0 aromatic rings. The Labute approximate surface area is 113 Å². The first-order valence-electron chi connectivity index (χ1n) is 4.47. The maximum absolute atomic E-state index is 11.7. The average molecular weight is 546 g/mol. The summed E-state index contributed by atoms with van der Waals surface area (Å²) >= 11 is 2.21. The van der Waals surface area contributed by atoms with Crippen LogP contribution < -0.4 is 0 Å². The van der Waals surface area contributed by atoms with Crippen LogP contribution in [0, 0.1) is 0 Å². The summed E-state index contributed by atoms with van der Waals surface area (Å²) in [4.78, 5) is 13.4. The van der Waals surface area contributed by atoms with Gasteiger partial charge in [-0.1, -0.05) is 0 Å². The molecule has 3 nitrogen and oxygen atoms in total. The second-order valence-electron chi connectivity index (χ2n) is 2.87. The van der Waals surface area contributed by atoms with E-state index in [0.29, 0.717) is 0 Å². The number of hydrogen-bond donors (Lipinski definition) is 0. The number of hydrogen-bond acceptors (Lipinski definition) is 1. The van der Waals surface area contributed by atoms with Crippen molar-refractivity contribution in [1.82, 2.24) is 4.90 Å². The van der Waals surface area contributed by atoms with E-state index in [1.807, 2.05) is 39.8 Å². The molecule has 0 radical (unpaired) electrons. The minimum absolute atomic E-state index is 0.174. The summed E-state index contributed by atoms with van der Waals surface area (Å²) in [6.07, 6.45) is 3.94. The summed E-state index contributed by atoms with van der Waals surface area (Å²) in [5.41, 5.74) is 2.02. The van der Waals surface area contributed by atoms with Crippen molar-refractivity contribution in [2.45, 2.75) is 27.7 Å². The second-order valence-corrected chi connectivity index (χ2v) is 5.65. The van der Waals surface area contributed by atoms with E-state index in [1.165, 1.54) is 19.4 Å². The molecule has 0 N–H and O–H groups in total. The third-order valence-corrected chi connectivity index (χ3v) is 3.15. The summed E-state index contributed by atoms with van der Waals surface area (Å²) in [5.74, 6) is 0. The monoisotopic (exact) mass is 546 g/mol. The molecular weight excluding hydrogens is 532 g/mol. The van der Waals surface area contributed by atoms with Gasteiger partial charge in [0, 0.05) is 0 Å². The summed E-state index contributed by atoms with van der Waals surface area (Å²) in [6, 6.07) is -0.174. The van der Waals surface area contributed by atoms with Gasteiger partial charge in [-0.3, -0.25) is 0 Å². The Hall–Kier alpha value is -0.00338. The van der Waals surface area contributed by atoms with E-state index < -0.39 is 0 Å². The van der Waals surface area contributed by atoms with E-state index in [2.05, 4.69) is 3.50 Å². The van der Waals surface area contributed by atoms with Crippen LogP contribution >= 0.6 is 0 Å². The zero-order chi connectivity index (χ0) is 12.0. The summed E-state index contributed by atoms with van der Waals surface area (Å²) < 4.78 is 4.80. The number of nitrogens with zero attached hydrogens (tertiary/aromatic N) is 2. The van der Waals surface area contributed by atoms with Crippen LogP contribution in [-0.4, -0.2) is 15.0 Å². The van der Waals surface area contributed by atoms with Crippen LogP contribution in [0.2, 0.25) is 0 Å². The van der Waals surface area contributed by atoms with Gasteiger partial charge < -0.3 is 0 Å². The van der Waals surface area contributed by atoms with E-state index in [9.17, 15) is 4.79 Å². The normalized spacial score (nSPS) is 12.3. The van der Waals surface area contributed by atoms with Gasteiger partial charge in [-0.05, 0) is 0 Å². The molecule has 15 heavy (non-hydrogen) atoms. The molecule has 0 bridgehead atoms. The molecular formula is C10H14N2OW2. The van der Waals surface area contributed by atoms with Crippen molar-refractivity contribution in [2.24, 2.45) is 3.50 Å². The summed E-state index contributed by atoms with van der Waals surface area (Å²) in [6.45, 7) is 7.84. The molecule has 0 rings (SSSR count). The number of rotatable bonds is 3. The Bertz CT molecular complexity index is 345. The molecule has 0 saturated carbocycles. The van der Waals surface area contributed by atoms with Crippen molar-refractivity contribution in [3.8, 4) is 0 Å². The maximum atomic E-state index is 11.7. The quantitative estimate of drug-likeness (QED) is 0.502. The molecule has 2 amide bonds. The van der Waals surface area contributed by atoms with Gasteiger partial charge in [-0.25, -0.2) is 0 Å². The molecule has 0 spiro atoms. The van der Waals surface area contributed by atoms with Gasteiger partial charge in [0.05, 0.1) is 0 Å². The fourth-order valence-corrected chi connectivity index (χ4v) is 2.06. The molecule has 0 fully saturated rings. The van der Waals surface area contributed by atoms with E-state index >= 15 is 0 Å². The van der Waals surface area contributed by atoms with Crippen molar-refractivity contribution in [2.75, 3.05) is 0 Å². The Balaban J connectivity index is 5.33. The first kappa shape index (κ1) is 15.0. The third kappa shape index (κ3) is 4.16. The zero-order valence-corrected chi connectivity index (χ0v) is 15.1. The van der Waals surface area contributed by atoms with Crippen LogP contribution in [0.3, 0.4) is 0 Å². The van der Waals surface area contributed by atoms with Crippen LogP contribution in [-0.2, 0) is 39.0 Å². The minimum atomic E-state index is -0.174. The van der Waals surface area contributed by atoms with Crippen LogP contribution in [0.25, 0.3) is 0 Å². The van der Waals surface area contributed by atoms with Gasteiger partial charge in [0.2, 0.25) is 0 Å². The van der Waals surface area contributed by atoms with Gasteiger partial charge in [-0.2, -0.15) is 0 Å². The van der Waals surface area contributed by atoms with Crippen LogP contribution in [0.5, 0.6) is 0 Å². The van der Waals surface area contributed by atoms with Gasteiger partial charge >= 0.3 is 113 Å². The molecule has 0 aromatic heterocycles. The predicted octanol–water partition coefficient (Wildman–Crippen LogP) is 2.71.